The Morgan fingerprint density at radius 1 is 1.14 bits per heavy atom. The second-order valence-electron chi connectivity index (χ2n) is 4.66. The number of nitro benzene ring substituents is 1. The van der Waals surface area contributed by atoms with Gasteiger partial charge in [-0.3, -0.25) is 10.1 Å². The Balaban J connectivity index is 2.37. The third-order valence-corrected chi connectivity index (χ3v) is 3.12. The first-order valence-corrected chi connectivity index (χ1v) is 6.78. The Bertz CT molecular complexity index is 614. The SMILES string of the molecule is CCOc1cccc([N+](=O)[O-])c1N(C)Cc1ccccc1. The molecule has 2 rings (SSSR count). The molecule has 0 atom stereocenters. The minimum absolute atomic E-state index is 0.0550. The van der Waals surface area contributed by atoms with Crippen LogP contribution in [0.15, 0.2) is 48.5 Å². The topological polar surface area (TPSA) is 55.6 Å². The van der Waals surface area contributed by atoms with Crippen LogP contribution >= 0.6 is 0 Å². The molecular formula is C16H18N2O3. The fourth-order valence-corrected chi connectivity index (χ4v) is 2.25. The molecule has 0 saturated carbocycles. The van der Waals surface area contributed by atoms with Gasteiger partial charge in [-0.15, -0.1) is 0 Å². The van der Waals surface area contributed by atoms with Gasteiger partial charge in [-0.25, -0.2) is 0 Å². The summed E-state index contributed by atoms with van der Waals surface area (Å²) >= 11 is 0. The van der Waals surface area contributed by atoms with Crippen molar-refractivity contribution in [1.82, 2.24) is 0 Å². The smallest absolute Gasteiger partial charge is 0.296 e. The molecule has 0 saturated heterocycles. The molecule has 0 fully saturated rings. The van der Waals surface area contributed by atoms with Crippen molar-refractivity contribution < 1.29 is 9.66 Å². The first kappa shape index (κ1) is 14.8. The fourth-order valence-electron chi connectivity index (χ4n) is 2.25. The van der Waals surface area contributed by atoms with E-state index >= 15 is 0 Å². The van der Waals surface area contributed by atoms with Gasteiger partial charge in [0, 0.05) is 19.7 Å². The third kappa shape index (κ3) is 3.51. The lowest BCUT2D eigenvalue weighted by atomic mass is 10.2. The highest BCUT2D eigenvalue weighted by Crippen LogP contribution is 2.37. The first-order valence-electron chi connectivity index (χ1n) is 6.78. The van der Waals surface area contributed by atoms with Gasteiger partial charge in [0.2, 0.25) is 0 Å². The molecule has 0 radical (unpaired) electrons. The zero-order valence-electron chi connectivity index (χ0n) is 12.2. The molecule has 5 nitrogen and oxygen atoms in total. The number of anilines is 1. The summed E-state index contributed by atoms with van der Waals surface area (Å²) in [5.41, 5.74) is 1.65. The monoisotopic (exact) mass is 286 g/mol. The van der Waals surface area contributed by atoms with E-state index in [-0.39, 0.29) is 10.6 Å². The summed E-state index contributed by atoms with van der Waals surface area (Å²) in [6.45, 7) is 2.90. The largest absolute Gasteiger partial charge is 0.491 e. The highest BCUT2D eigenvalue weighted by molar-refractivity contribution is 5.71. The number of para-hydroxylation sites is 1. The van der Waals surface area contributed by atoms with Crippen LogP contribution in [-0.2, 0) is 6.54 Å². The fraction of sp³-hybridized carbons (Fsp3) is 0.250. The number of nitro groups is 1. The summed E-state index contributed by atoms with van der Waals surface area (Å²) in [4.78, 5) is 12.7. The van der Waals surface area contributed by atoms with E-state index in [9.17, 15) is 10.1 Å². The van der Waals surface area contributed by atoms with Crippen LogP contribution in [-0.4, -0.2) is 18.6 Å². The summed E-state index contributed by atoms with van der Waals surface area (Å²) in [5, 5.41) is 11.3. The van der Waals surface area contributed by atoms with Crippen molar-refractivity contribution in [3.63, 3.8) is 0 Å². The van der Waals surface area contributed by atoms with E-state index in [0.717, 1.165) is 5.56 Å². The van der Waals surface area contributed by atoms with Gasteiger partial charge in [0.05, 0.1) is 11.5 Å². The van der Waals surface area contributed by atoms with Crippen LogP contribution in [0.1, 0.15) is 12.5 Å². The Hall–Kier alpha value is -2.56. The van der Waals surface area contributed by atoms with Gasteiger partial charge in [-0.05, 0) is 18.6 Å². The van der Waals surface area contributed by atoms with Crippen molar-refractivity contribution >= 4 is 11.4 Å². The number of rotatable bonds is 6. The van der Waals surface area contributed by atoms with E-state index in [0.29, 0.717) is 24.6 Å². The second kappa shape index (κ2) is 6.74. The minimum atomic E-state index is -0.376. The minimum Gasteiger partial charge on any atom is -0.491 e. The Labute approximate surface area is 123 Å². The van der Waals surface area contributed by atoms with E-state index in [2.05, 4.69) is 0 Å². The van der Waals surface area contributed by atoms with Crippen LogP contribution in [0.5, 0.6) is 5.75 Å². The molecular weight excluding hydrogens is 268 g/mol. The van der Waals surface area contributed by atoms with Crippen molar-refractivity contribution in [1.29, 1.82) is 0 Å². The van der Waals surface area contributed by atoms with Crippen molar-refractivity contribution in [3.05, 3.63) is 64.2 Å². The van der Waals surface area contributed by atoms with Gasteiger partial charge in [0.25, 0.3) is 5.69 Å². The molecule has 0 unspecified atom stereocenters. The van der Waals surface area contributed by atoms with Crippen LogP contribution in [0.25, 0.3) is 0 Å². The predicted molar refractivity (Wildman–Crippen MR) is 82.8 cm³/mol. The average Bonchev–Trinajstić information content (AvgIpc) is 2.48. The maximum Gasteiger partial charge on any atom is 0.296 e. The van der Waals surface area contributed by atoms with Crippen LogP contribution in [0.2, 0.25) is 0 Å². The van der Waals surface area contributed by atoms with Gasteiger partial charge in [-0.2, -0.15) is 0 Å². The van der Waals surface area contributed by atoms with Crippen molar-refractivity contribution in [2.45, 2.75) is 13.5 Å². The van der Waals surface area contributed by atoms with Crippen molar-refractivity contribution in [3.8, 4) is 5.75 Å². The summed E-state index contributed by atoms with van der Waals surface area (Å²) in [6.07, 6.45) is 0. The number of hydrogen-bond acceptors (Lipinski definition) is 4. The van der Waals surface area contributed by atoms with Crippen molar-refractivity contribution in [2.75, 3.05) is 18.6 Å². The summed E-state index contributed by atoms with van der Waals surface area (Å²) in [7, 11) is 1.83. The van der Waals surface area contributed by atoms with Gasteiger partial charge in [0.1, 0.15) is 5.75 Å². The molecule has 0 aliphatic rings. The third-order valence-electron chi connectivity index (χ3n) is 3.12. The van der Waals surface area contributed by atoms with Gasteiger partial charge < -0.3 is 9.64 Å². The number of ether oxygens (including phenoxy) is 1. The van der Waals surface area contributed by atoms with Gasteiger partial charge >= 0.3 is 0 Å². The molecule has 0 aliphatic heterocycles. The Kier molecular flexibility index (Phi) is 4.77. The molecule has 0 aromatic heterocycles. The molecule has 2 aromatic carbocycles. The molecule has 0 heterocycles. The Morgan fingerprint density at radius 3 is 2.48 bits per heavy atom. The molecule has 0 N–H and O–H groups in total. The summed E-state index contributed by atoms with van der Waals surface area (Å²) < 4.78 is 5.54. The van der Waals surface area contributed by atoms with Crippen molar-refractivity contribution in [2.24, 2.45) is 0 Å². The molecule has 0 amide bonds. The van der Waals surface area contributed by atoms with E-state index in [1.807, 2.05) is 49.2 Å². The van der Waals surface area contributed by atoms with Crippen LogP contribution in [0.4, 0.5) is 11.4 Å². The zero-order valence-corrected chi connectivity index (χ0v) is 12.2. The molecule has 110 valence electrons. The number of hydrogen-bond donors (Lipinski definition) is 0. The highest BCUT2D eigenvalue weighted by Gasteiger charge is 2.22. The Morgan fingerprint density at radius 2 is 1.86 bits per heavy atom. The molecule has 0 bridgehead atoms. The summed E-state index contributed by atoms with van der Waals surface area (Å²) in [6, 6.07) is 14.7. The predicted octanol–water partition coefficient (Wildman–Crippen LogP) is 3.63. The van der Waals surface area contributed by atoms with Gasteiger partial charge in [0.15, 0.2) is 5.69 Å². The van der Waals surface area contributed by atoms with Crippen LogP contribution < -0.4 is 9.64 Å². The lowest BCUT2D eigenvalue weighted by molar-refractivity contribution is -0.384. The quantitative estimate of drug-likeness (QED) is 0.601. The molecule has 0 spiro atoms. The molecule has 5 heteroatoms. The average molecular weight is 286 g/mol. The maximum atomic E-state index is 11.3. The van der Waals surface area contributed by atoms with E-state index in [1.54, 1.807) is 12.1 Å². The second-order valence-corrected chi connectivity index (χ2v) is 4.66. The maximum absolute atomic E-state index is 11.3. The van der Waals surface area contributed by atoms with E-state index in [1.165, 1.54) is 6.07 Å². The van der Waals surface area contributed by atoms with E-state index < -0.39 is 0 Å². The highest BCUT2D eigenvalue weighted by atomic mass is 16.6. The molecule has 21 heavy (non-hydrogen) atoms. The van der Waals surface area contributed by atoms with Gasteiger partial charge in [-0.1, -0.05) is 36.4 Å². The number of nitrogens with zero attached hydrogens (tertiary/aromatic N) is 2. The van der Waals surface area contributed by atoms with Crippen LogP contribution in [0.3, 0.4) is 0 Å². The van der Waals surface area contributed by atoms with Crippen LogP contribution in [0, 0.1) is 10.1 Å². The number of benzene rings is 2. The lowest BCUT2D eigenvalue weighted by Gasteiger charge is -2.22. The van der Waals surface area contributed by atoms with E-state index in [4.69, 9.17) is 4.74 Å². The standard InChI is InChI=1S/C16H18N2O3/c1-3-21-15-11-7-10-14(18(19)20)16(15)17(2)12-13-8-5-4-6-9-13/h4-11H,3,12H2,1-2H3. The zero-order chi connectivity index (χ0) is 15.2. The summed E-state index contributed by atoms with van der Waals surface area (Å²) in [5.74, 6) is 0.533. The molecule has 0 aliphatic carbocycles. The lowest BCUT2D eigenvalue weighted by Crippen LogP contribution is -2.18. The molecule has 2 aromatic rings. The first-order chi connectivity index (χ1) is 10.1. The normalized spacial score (nSPS) is 10.2.